The second-order valence-electron chi connectivity index (χ2n) is 13.8. The van der Waals surface area contributed by atoms with Crippen molar-refractivity contribution in [1.82, 2.24) is 9.97 Å². The SMILES string of the molecule is CC1(C)COB(c2c(Cl)cc(Nc3ncc(C(F)(F)F)c(NC4CCCCC4)n3)cc2CO[Si](C)(C)C(C)(C)C)OC1. The molecule has 1 aliphatic heterocycles. The van der Waals surface area contributed by atoms with Crippen LogP contribution in [0.25, 0.3) is 0 Å². The summed E-state index contributed by atoms with van der Waals surface area (Å²) in [5.74, 6) is -0.184. The molecule has 1 saturated heterocycles. The smallest absolute Gasteiger partial charge is 0.413 e. The Morgan fingerprint density at radius 3 is 2.33 bits per heavy atom. The number of nitrogens with zero attached hydrogens (tertiary/aromatic N) is 2. The van der Waals surface area contributed by atoms with Crippen LogP contribution in [0.5, 0.6) is 0 Å². The lowest BCUT2D eigenvalue weighted by molar-refractivity contribution is -0.137. The fourth-order valence-corrected chi connectivity index (χ4v) is 6.07. The van der Waals surface area contributed by atoms with E-state index >= 15 is 0 Å². The standard InChI is InChI=1S/C29H43BClF3N4O3Si/c1-27(2,3)42(6,7)41-16-19-13-21(14-23(31)24(19)30-39-17-28(4,5)18-40-30)37-26-35-15-22(29(32,33)34)25(38-26)36-20-11-9-8-10-12-20/h13-15,20H,8-12,16-18H2,1-7H3,(H2,35,36,37,38). The molecule has 0 unspecified atom stereocenters. The summed E-state index contributed by atoms with van der Waals surface area (Å²) in [6.45, 7) is 16.3. The highest BCUT2D eigenvalue weighted by molar-refractivity contribution is 6.74. The molecule has 2 heterocycles. The summed E-state index contributed by atoms with van der Waals surface area (Å²) in [7, 11) is -2.79. The number of halogens is 4. The molecule has 13 heteroatoms. The van der Waals surface area contributed by atoms with Crippen molar-refractivity contribution in [3.05, 3.63) is 34.5 Å². The van der Waals surface area contributed by atoms with Crippen LogP contribution >= 0.6 is 11.6 Å². The van der Waals surface area contributed by atoms with E-state index in [4.69, 9.17) is 25.3 Å². The van der Waals surface area contributed by atoms with E-state index < -0.39 is 27.2 Å². The lowest BCUT2D eigenvalue weighted by Crippen LogP contribution is -2.49. The number of nitrogens with one attached hydrogen (secondary N) is 2. The number of hydrogen-bond acceptors (Lipinski definition) is 7. The van der Waals surface area contributed by atoms with Gasteiger partial charge in [-0.15, -0.1) is 0 Å². The molecule has 42 heavy (non-hydrogen) atoms. The molecular weight excluding hydrogens is 584 g/mol. The van der Waals surface area contributed by atoms with E-state index in [2.05, 4.69) is 68.3 Å². The molecule has 0 bridgehead atoms. The molecule has 2 aromatic rings. The van der Waals surface area contributed by atoms with Crippen LogP contribution in [0, 0.1) is 5.41 Å². The van der Waals surface area contributed by atoms with Gasteiger partial charge < -0.3 is 24.4 Å². The zero-order chi connectivity index (χ0) is 30.9. The van der Waals surface area contributed by atoms with Gasteiger partial charge in [-0.1, -0.05) is 65.5 Å². The van der Waals surface area contributed by atoms with Gasteiger partial charge >= 0.3 is 13.3 Å². The van der Waals surface area contributed by atoms with Crippen LogP contribution in [0.1, 0.15) is 77.8 Å². The third kappa shape index (κ3) is 8.19. The van der Waals surface area contributed by atoms with E-state index in [-0.39, 0.29) is 34.9 Å². The van der Waals surface area contributed by atoms with Crippen molar-refractivity contribution < 1.29 is 26.9 Å². The molecule has 2 N–H and O–H groups in total. The van der Waals surface area contributed by atoms with Crippen LogP contribution in [0.4, 0.5) is 30.6 Å². The summed E-state index contributed by atoms with van der Waals surface area (Å²) in [6, 6.07) is 3.49. The molecule has 1 aliphatic carbocycles. The molecular formula is C29H43BClF3N4O3Si. The van der Waals surface area contributed by atoms with Crippen molar-refractivity contribution in [3.8, 4) is 0 Å². The molecule has 7 nitrogen and oxygen atoms in total. The van der Waals surface area contributed by atoms with Gasteiger partial charge in [-0.2, -0.15) is 18.2 Å². The molecule has 0 amide bonds. The summed E-state index contributed by atoms with van der Waals surface area (Å²) in [6.07, 6.45) is 0.903. The largest absolute Gasteiger partial charge is 0.495 e. The maximum atomic E-state index is 13.8. The van der Waals surface area contributed by atoms with Crippen LogP contribution in [0.3, 0.4) is 0 Å². The first-order valence-electron chi connectivity index (χ1n) is 14.6. The van der Waals surface area contributed by atoms with Gasteiger partial charge in [0, 0.05) is 47.0 Å². The lowest BCUT2D eigenvalue weighted by Gasteiger charge is -2.37. The molecule has 0 spiro atoms. The third-order valence-electron chi connectivity index (χ3n) is 8.39. The third-order valence-corrected chi connectivity index (χ3v) is 13.2. The lowest BCUT2D eigenvalue weighted by atomic mass is 9.73. The number of benzene rings is 1. The van der Waals surface area contributed by atoms with Crippen LogP contribution in [0.15, 0.2) is 18.3 Å². The first-order valence-corrected chi connectivity index (χ1v) is 17.9. The molecule has 4 rings (SSSR count). The van der Waals surface area contributed by atoms with E-state index in [0.29, 0.717) is 29.4 Å². The average Bonchev–Trinajstić information content (AvgIpc) is 2.87. The fourth-order valence-electron chi connectivity index (χ4n) is 4.79. The summed E-state index contributed by atoms with van der Waals surface area (Å²) < 4.78 is 60.1. The second-order valence-corrected chi connectivity index (χ2v) is 19.0. The maximum Gasteiger partial charge on any atom is 0.495 e. The molecule has 232 valence electrons. The second kappa shape index (κ2) is 12.6. The minimum atomic E-state index is -4.58. The molecule has 2 aliphatic rings. The molecule has 1 aromatic carbocycles. The highest BCUT2D eigenvalue weighted by Gasteiger charge is 2.40. The first-order chi connectivity index (χ1) is 19.5. The molecule has 0 atom stereocenters. The minimum absolute atomic E-state index is 0.00944. The van der Waals surface area contributed by atoms with E-state index in [1.165, 1.54) is 0 Å². The van der Waals surface area contributed by atoms with Gasteiger partial charge in [0.25, 0.3) is 0 Å². The minimum Gasteiger partial charge on any atom is -0.413 e. The molecule has 1 aromatic heterocycles. The van der Waals surface area contributed by atoms with Crippen LogP contribution in [0.2, 0.25) is 23.2 Å². The van der Waals surface area contributed by atoms with E-state index in [1.807, 2.05) is 6.07 Å². The Bertz CT molecular complexity index is 1240. The molecule has 1 saturated carbocycles. The normalized spacial score (nSPS) is 18.7. The summed E-state index contributed by atoms with van der Waals surface area (Å²) in [4.78, 5) is 8.26. The highest BCUT2D eigenvalue weighted by Crippen LogP contribution is 2.38. The zero-order valence-electron chi connectivity index (χ0n) is 25.7. The van der Waals surface area contributed by atoms with Crippen molar-refractivity contribution in [2.75, 3.05) is 23.8 Å². The Kier molecular flexibility index (Phi) is 9.94. The number of aromatic nitrogens is 2. The predicted octanol–water partition coefficient (Wildman–Crippen LogP) is 7.93. The highest BCUT2D eigenvalue weighted by atomic mass is 35.5. The quantitative estimate of drug-likeness (QED) is 0.288. The zero-order valence-corrected chi connectivity index (χ0v) is 27.4. The van der Waals surface area contributed by atoms with Crippen molar-refractivity contribution >= 4 is 50.0 Å². The van der Waals surface area contributed by atoms with E-state index in [0.717, 1.165) is 43.9 Å². The van der Waals surface area contributed by atoms with Gasteiger partial charge in [0.1, 0.15) is 11.4 Å². The van der Waals surface area contributed by atoms with Crippen LogP contribution in [-0.2, 0) is 26.5 Å². The van der Waals surface area contributed by atoms with Crippen LogP contribution < -0.4 is 16.1 Å². The Balaban J connectivity index is 1.66. The van der Waals surface area contributed by atoms with Crippen LogP contribution in [-0.4, -0.2) is 44.7 Å². The molecule has 0 radical (unpaired) electrons. The van der Waals surface area contributed by atoms with Crippen molar-refractivity contribution in [1.29, 1.82) is 0 Å². The number of anilines is 3. The van der Waals surface area contributed by atoms with E-state index in [9.17, 15) is 13.2 Å². The van der Waals surface area contributed by atoms with Gasteiger partial charge in [-0.25, -0.2) is 4.98 Å². The monoisotopic (exact) mass is 626 g/mol. The van der Waals surface area contributed by atoms with Gasteiger partial charge in [-0.3, -0.25) is 0 Å². The Morgan fingerprint density at radius 1 is 1.10 bits per heavy atom. The maximum absolute atomic E-state index is 13.8. The Morgan fingerprint density at radius 2 is 1.74 bits per heavy atom. The van der Waals surface area contributed by atoms with Gasteiger partial charge in [0.15, 0.2) is 8.32 Å². The predicted molar refractivity (Wildman–Crippen MR) is 165 cm³/mol. The Labute approximate surface area is 253 Å². The summed E-state index contributed by atoms with van der Waals surface area (Å²) in [5.41, 5.74) is 0.976. The Hall–Kier alpha value is -1.86. The average molecular weight is 627 g/mol. The topological polar surface area (TPSA) is 77.5 Å². The van der Waals surface area contributed by atoms with Gasteiger partial charge in [0.05, 0.1) is 6.61 Å². The van der Waals surface area contributed by atoms with Crippen molar-refractivity contribution in [2.24, 2.45) is 5.41 Å². The summed E-state index contributed by atoms with van der Waals surface area (Å²) in [5, 5.41) is 6.49. The summed E-state index contributed by atoms with van der Waals surface area (Å²) >= 11 is 6.84. The van der Waals surface area contributed by atoms with Gasteiger partial charge in [0.2, 0.25) is 5.95 Å². The van der Waals surface area contributed by atoms with Gasteiger partial charge in [-0.05, 0) is 48.7 Å². The number of alkyl halides is 3. The first kappa shape index (κ1) is 33.0. The molecule has 2 fully saturated rings. The van der Waals surface area contributed by atoms with Crippen molar-refractivity contribution in [3.63, 3.8) is 0 Å². The van der Waals surface area contributed by atoms with E-state index in [1.54, 1.807) is 6.07 Å². The number of rotatable bonds is 8. The van der Waals surface area contributed by atoms with Crippen molar-refractivity contribution in [2.45, 2.75) is 104 Å². The fraction of sp³-hybridized carbons (Fsp3) is 0.655. The number of hydrogen-bond donors (Lipinski definition) is 2.